The van der Waals surface area contributed by atoms with Gasteiger partial charge in [0.05, 0.1) is 13.2 Å². The first-order chi connectivity index (χ1) is 16.6. The van der Waals surface area contributed by atoms with Gasteiger partial charge in [-0.3, -0.25) is 14.6 Å². The summed E-state index contributed by atoms with van der Waals surface area (Å²) < 4.78 is 5.58. The molecule has 2 aromatic rings. The number of methoxy groups -OCH3 is 1. The Balaban J connectivity index is 1.71. The predicted molar refractivity (Wildman–Crippen MR) is 138 cm³/mol. The largest absolute Gasteiger partial charge is 0.497 e. The van der Waals surface area contributed by atoms with Crippen LogP contribution in [0.3, 0.4) is 0 Å². The molecule has 2 heterocycles. The van der Waals surface area contributed by atoms with Crippen molar-refractivity contribution < 1.29 is 9.53 Å². The normalized spacial score (nSPS) is 21.6. The molecule has 0 spiro atoms. The first-order valence-corrected chi connectivity index (χ1v) is 12.7. The van der Waals surface area contributed by atoms with E-state index in [1.807, 2.05) is 43.0 Å². The molecule has 0 radical (unpaired) electrons. The lowest BCUT2D eigenvalue weighted by Gasteiger charge is -2.37. The summed E-state index contributed by atoms with van der Waals surface area (Å²) >= 11 is 0. The van der Waals surface area contributed by atoms with Gasteiger partial charge in [-0.15, -0.1) is 6.58 Å². The molecule has 4 rings (SSSR count). The Labute approximate surface area is 205 Å². The van der Waals surface area contributed by atoms with Crippen molar-refractivity contribution in [3.8, 4) is 5.75 Å². The van der Waals surface area contributed by atoms with Gasteiger partial charge < -0.3 is 9.64 Å². The molecule has 3 unspecified atom stereocenters. The van der Waals surface area contributed by atoms with Crippen molar-refractivity contribution in [3.63, 3.8) is 0 Å². The molecule has 0 saturated carbocycles. The highest BCUT2D eigenvalue weighted by molar-refractivity contribution is 5.94. The van der Waals surface area contributed by atoms with Crippen LogP contribution in [-0.4, -0.2) is 72.5 Å². The zero-order chi connectivity index (χ0) is 24.1. The Bertz CT molecular complexity index is 970. The minimum absolute atomic E-state index is 0.101. The third kappa shape index (κ3) is 5.06. The number of carbonyl (C=O) groups excluding carboxylic acids is 1. The number of ether oxygens (including phenoxy) is 1. The molecular formula is C29H39N3O2. The number of likely N-dealkylation sites (tertiary alicyclic amines) is 1. The van der Waals surface area contributed by atoms with Crippen LogP contribution < -0.4 is 4.74 Å². The van der Waals surface area contributed by atoms with Gasteiger partial charge in [-0.25, -0.2) is 0 Å². The molecule has 2 aliphatic heterocycles. The minimum atomic E-state index is 0.101. The maximum atomic E-state index is 12.9. The molecule has 2 fully saturated rings. The predicted octanol–water partition coefficient (Wildman–Crippen LogP) is 4.99. The van der Waals surface area contributed by atoms with Crippen LogP contribution >= 0.6 is 0 Å². The molecule has 5 heteroatoms. The van der Waals surface area contributed by atoms with E-state index in [1.54, 1.807) is 7.11 Å². The molecular weight excluding hydrogens is 422 g/mol. The standard InChI is InChI=1S/C29H39N3O2/c1-5-18-30-19-17-25-15-16-26(21-30)32(25)28(24-9-8-10-27(20-24)34-4)22-11-13-23(14-12-22)29(33)31(6-2)7-3/h5,8-14,20,25-26,28H,1,6-7,15-19,21H2,2-4H3. The van der Waals surface area contributed by atoms with Gasteiger partial charge >= 0.3 is 0 Å². The molecule has 2 saturated heterocycles. The highest BCUT2D eigenvalue weighted by atomic mass is 16.5. The van der Waals surface area contributed by atoms with Crippen LogP contribution in [0.2, 0.25) is 0 Å². The average molecular weight is 462 g/mol. The van der Waals surface area contributed by atoms with E-state index in [2.05, 4.69) is 46.7 Å². The second-order valence-electron chi connectivity index (χ2n) is 9.45. The minimum Gasteiger partial charge on any atom is -0.497 e. The van der Waals surface area contributed by atoms with Crippen LogP contribution in [0.25, 0.3) is 0 Å². The Kier molecular flexibility index (Phi) is 8.07. The monoisotopic (exact) mass is 461 g/mol. The van der Waals surface area contributed by atoms with Crippen molar-refractivity contribution >= 4 is 5.91 Å². The van der Waals surface area contributed by atoms with Crippen LogP contribution in [0.1, 0.15) is 60.6 Å². The Morgan fingerprint density at radius 3 is 2.50 bits per heavy atom. The van der Waals surface area contributed by atoms with Crippen LogP contribution in [-0.2, 0) is 0 Å². The van der Waals surface area contributed by atoms with Crippen molar-refractivity contribution in [1.82, 2.24) is 14.7 Å². The molecule has 3 atom stereocenters. The summed E-state index contributed by atoms with van der Waals surface area (Å²) in [5, 5.41) is 0. The molecule has 2 aliphatic rings. The van der Waals surface area contributed by atoms with E-state index in [0.717, 1.165) is 44.0 Å². The Morgan fingerprint density at radius 1 is 1.09 bits per heavy atom. The fourth-order valence-electron chi connectivity index (χ4n) is 5.80. The van der Waals surface area contributed by atoms with E-state index < -0.39 is 0 Å². The lowest BCUT2D eigenvalue weighted by Crippen LogP contribution is -2.42. The van der Waals surface area contributed by atoms with Crippen molar-refractivity contribution in [2.75, 3.05) is 39.8 Å². The van der Waals surface area contributed by atoms with Crippen molar-refractivity contribution in [3.05, 3.63) is 77.9 Å². The third-order valence-corrected chi connectivity index (χ3v) is 7.54. The molecule has 1 amide bonds. The summed E-state index contributed by atoms with van der Waals surface area (Å²) in [6.45, 7) is 12.6. The number of nitrogens with zero attached hydrogens (tertiary/aromatic N) is 3. The van der Waals surface area contributed by atoms with E-state index in [-0.39, 0.29) is 11.9 Å². The summed E-state index contributed by atoms with van der Waals surface area (Å²) in [6.07, 6.45) is 5.65. The summed E-state index contributed by atoms with van der Waals surface area (Å²) in [7, 11) is 1.73. The first kappa shape index (κ1) is 24.5. The topological polar surface area (TPSA) is 36.0 Å². The van der Waals surface area contributed by atoms with Gasteiger partial charge in [-0.1, -0.05) is 30.3 Å². The van der Waals surface area contributed by atoms with Gasteiger partial charge in [0.15, 0.2) is 0 Å². The quantitative estimate of drug-likeness (QED) is 0.493. The number of amides is 1. The Morgan fingerprint density at radius 2 is 1.82 bits per heavy atom. The van der Waals surface area contributed by atoms with Crippen LogP contribution in [0.5, 0.6) is 5.75 Å². The van der Waals surface area contributed by atoms with Gasteiger partial charge in [0, 0.05) is 50.4 Å². The second-order valence-corrected chi connectivity index (χ2v) is 9.45. The number of rotatable bonds is 9. The summed E-state index contributed by atoms with van der Waals surface area (Å²) in [5.41, 5.74) is 3.24. The van der Waals surface area contributed by atoms with Gasteiger partial charge in [-0.2, -0.15) is 0 Å². The smallest absolute Gasteiger partial charge is 0.253 e. The molecule has 34 heavy (non-hydrogen) atoms. The van der Waals surface area contributed by atoms with Crippen LogP contribution in [0.4, 0.5) is 0 Å². The van der Waals surface area contributed by atoms with Gasteiger partial charge in [0.1, 0.15) is 5.75 Å². The third-order valence-electron chi connectivity index (χ3n) is 7.54. The lowest BCUT2D eigenvalue weighted by atomic mass is 9.94. The van der Waals surface area contributed by atoms with Gasteiger partial charge in [0.2, 0.25) is 0 Å². The molecule has 0 aromatic heterocycles. The second kappa shape index (κ2) is 11.2. The fourth-order valence-corrected chi connectivity index (χ4v) is 5.80. The Hall–Kier alpha value is -2.63. The van der Waals surface area contributed by atoms with E-state index in [9.17, 15) is 4.79 Å². The van der Waals surface area contributed by atoms with Crippen molar-refractivity contribution in [1.29, 1.82) is 0 Å². The summed E-state index contributed by atoms with van der Waals surface area (Å²) in [4.78, 5) is 20.0. The van der Waals surface area contributed by atoms with Crippen molar-refractivity contribution in [2.24, 2.45) is 0 Å². The molecule has 0 aliphatic carbocycles. The molecule has 0 N–H and O–H groups in total. The van der Waals surface area contributed by atoms with E-state index in [0.29, 0.717) is 12.1 Å². The van der Waals surface area contributed by atoms with E-state index in [4.69, 9.17) is 4.74 Å². The molecule has 5 nitrogen and oxygen atoms in total. The summed E-state index contributed by atoms with van der Waals surface area (Å²) in [5.74, 6) is 0.982. The maximum Gasteiger partial charge on any atom is 0.253 e. The van der Waals surface area contributed by atoms with Crippen LogP contribution in [0.15, 0.2) is 61.2 Å². The van der Waals surface area contributed by atoms with E-state index in [1.165, 1.54) is 30.4 Å². The highest BCUT2D eigenvalue weighted by Gasteiger charge is 2.41. The SMILES string of the molecule is C=CCN1CCC2CCC(C1)N2C(c1ccc(C(=O)N(CC)CC)cc1)c1cccc(OC)c1. The van der Waals surface area contributed by atoms with Crippen molar-refractivity contribution in [2.45, 2.75) is 51.2 Å². The lowest BCUT2D eigenvalue weighted by molar-refractivity contribution is 0.0773. The average Bonchev–Trinajstić information content (AvgIpc) is 3.16. The van der Waals surface area contributed by atoms with Gasteiger partial charge in [-0.05, 0) is 68.5 Å². The number of carbonyl (C=O) groups is 1. The molecule has 2 bridgehead atoms. The zero-order valence-electron chi connectivity index (χ0n) is 21.0. The number of benzene rings is 2. The van der Waals surface area contributed by atoms with Gasteiger partial charge in [0.25, 0.3) is 5.91 Å². The fraction of sp³-hybridized carbons (Fsp3) is 0.483. The number of fused-ring (bicyclic) bond motifs is 2. The van der Waals surface area contributed by atoms with E-state index >= 15 is 0 Å². The summed E-state index contributed by atoms with van der Waals surface area (Å²) in [6, 6.07) is 18.0. The van der Waals surface area contributed by atoms with Crippen LogP contribution in [0, 0.1) is 0 Å². The molecule has 2 aromatic carbocycles. The zero-order valence-corrected chi connectivity index (χ0v) is 21.0. The highest BCUT2D eigenvalue weighted by Crippen LogP contribution is 2.41. The first-order valence-electron chi connectivity index (χ1n) is 12.7. The number of hydrogen-bond acceptors (Lipinski definition) is 4. The maximum absolute atomic E-state index is 12.9. The molecule has 182 valence electrons. The number of hydrogen-bond donors (Lipinski definition) is 0.